The zero-order chi connectivity index (χ0) is 17.0. The minimum absolute atomic E-state index is 0.0195. The number of thioether (sulfide) groups is 1. The molecule has 1 saturated carbocycles. The molecule has 2 rings (SSSR count). The van der Waals surface area contributed by atoms with Crippen LogP contribution in [0, 0.1) is 17.8 Å². The van der Waals surface area contributed by atoms with Crippen molar-refractivity contribution in [2.45, 2.75) is 52.2 Å². The van der Waals surface area contributed by atoms with Crippen LogP contribution in [0.1, 0.15) is 46.0 Å². The van der Waals surface area contributed by atoms with Gasteiger partial charge < -0.3 is 14.7 Å². The molecule has 0 spiro atoms. The van der Waals surface area contributed by atoms with E-state index in [-0.39, 0.29) is 16.9 Å². The lowest BCUT2D eigenvalue weighted by Gasteiger charge is -2.45. The molecule has 4 unspecified atom stereocenters. The standard InChI is InChI=1S/C16H25NO5S/c1-10(9-23-11(2)18)15(19)17-8-13-6-4-3-5-12(13)7-14(17)22-16(20)21/h10,12-14H,3-9H2,1-2H3,(H,20,21). The summed E-state index contributed by atoms with van der Waals surface area (Å²) in [5, 5.41) is 8.95. The van der Waals surface area contributed by atoms with Gasteiger partial charge >= 0.3 is 6.16 Å². The third kappa shape index (κ3) is 4.86. The summed E-state index contributed by atoms with van der Waals surface area (Å²) >= 11 is 1.13. The molecule has 2 fully saturated rings. The molecular formula is C16H25NO5S. The van der Waals surface area contributed by atoms with Gasteiger partial charge in [-0.25, -0.2) is 4.79 Å². The van der Waals surface area contributed by atoms with Crippen molar-refractivity contribution >= 4 is 28.9 Å². The van der Waals surface area contributed by atoms with Gasteiger partial charge in [0.2, 0.25) is 5.91 Å². The highest BCUT2D eigenvalue weighted by Crippen LogP contribution is 2.39. The van der Waals surface area contributed by atoms with E-state index in [0.29, 0.717) is 30.6 Å². The van der Waals surface area contributed by atoms with Gasteiger partial charge in [0.15, 0.2) is 11.3 Å². The molecule has 0 bridgehead atoms. The van der Waals surface area contributed by atoms with Gasteiger partial charge in [0.05, 0.1) is 0 Å². The number of carboxylic acid groups (broad SMARTS) is 1. The monoisotopic (exact) mass is 343 g/mol. The van der Waals surface area contributed by atoms with E-state index in [4.69, 9.17) is 9.84 Å². The van der Waals surface area contributed by atoms with E-state index < -0.39 is 12.4 Å². The molecular weight excluding hydrogens is 318 g/mol. The smallest absolute Gasteiger partial charge is 0.450 e. The highest BCUT2D eigenvalue weighted by atomic mass is 32.2. The van der Waals surface area contributed by atoms with E-state index in [1.165, 1.54) is 19.8 Å². The summed E-state index contributed by atoms with van der Waals surface area (Å²) in [5.74, 6) is 0.851. The first-order valence-corrected chi connectivity index (χ1v) is 9.20. The molecule has 0 aromatic carbocycles. The van der Waals surface area contributed by atoms with Crippen LogP contribution in [0.15, 0.2) is 0 Å². The average molecular weight is 343 g/mol. The van der Waals surface area contributed by atoms with Crippen LogP contribution in [0.2, 0.25) is 0 Å². The lowest BCUT2D eigenvalue weighted by Crippen LogP contribution is -2.54. The Balaban J connectivity index is 2.06. The van der Waals surface area contributed by atoms with Crippen molar-refractivity contribution in [1.82, 2.24) is 4.90 Å². The van der Waals surface area contributed by atoms with Gasteiger partial charge in [-0.2, -0.15) is 0 Å². The number of carbonyl (C=O) groups is 3. The third-order valence-electron chi connectivity index (χ3n) is 4.83. The summed E-state index contributed by atoms with van der Waals surface area (Å²) in [7, 11) is 0. The van der Waals surface area contributed by atoms with Crippen molar-refractivity contribution in [3.05, 3.63) is 0 Å². The second-order valence-electron chi connectivity index (χ2n) is 6.57. The van der Waals surface area contributed by atoms with Crippen molar-refractivity contribution in [2.75, 3.05) is 12.3 Å². The van der Waals surface area contributed by atoms with Crippen LogP contribution in [0.5, 0.6) is 0 Å². The minimum Gasteiger partial charge on any atom is -0.450 e. The fraction of sp³-hybridized carbons (Fsp3) is 0.812. The van der Waals surface area contributed by atoms with Gasteiger partial charge in [-0.15, -0.1) is 0 Å². The van der Waals surface area contributed by atoms with Gasteiger partial charge in [-0.05, 0) is 24.7 Å². The summed E-state index contributed by atoms with van der Waals surface area (Å²) < 4.78 is 5.00. The van der Waals surface area contributed by atoms with E-state index >= 15 is 0 Å². The number of likely N-dealkylation sites (tertiary alicyclic amines) is 1. The number of hydrogen-bond donors (Lipinski definition) is 1. The minimum atomic E-state index is -1.34. The number of carbonyl (C=O) groups excluding carboxylic acids is 2. The average Bonchev–Trinajstić information content (AvgIpc) is 2.50. The van der Waals surface area contributed by atoms with Crippen LogP contribution in [-0.2, 0) is 14.3 Å². The molecule has 1 heterocycles. The molecule has 0 aromatic rings. The van der Waals surface area contributed by atoms with Crippen molar-refractivity contribution in [2.24, 2.45) is 17.8 Å². The van der Waals surface area contributed by atoms with Gasteiger partial charge in [-0.3, -0.25) is 9.59 Å². The van der Waals surface area contributed by atoms with Crippen molar-refractivity contribution in [3.8, 4) is 0 Å². The third-order valence-corrected chi connectivity index (χ3v) is 5.90. The predicted molar refractivity (Wildman–Crippen MR) is 87.0 cm³/mol. The van der Waals surface area contributed by atoms with Crippen molar-refractivity contribution < 1.29 is 24.2 Å². The molecule has 1 amide bonds. The van der Waals surface area contributed by atoms with Crippen LogP contribution >= 0.6 is 11.8 Å². The first-order chi connectivity index (χ1) is 10.9. The lowest BCUT2D eigenvalue weighted by atomic mass is 9.74. The fourth-order valence-electron chi connectivity index (χ4n) is 3.65. The normalized spacial score (nSPS) is 28.6. The first kappa shape index (κ1) is 18.1. The zero-order valence-electron chi connectivity index (χ0n) is 13.7. The van der Waals surface area contributed by atoms with E-state index in [1.807, 2.05) is 0 Å². The largest absolute Gasteiger partial charge is 0.507 e. The Kier molecular flexibility index (Phi) is 6.33. The maximum Gasteiger partial charge on any atom is 0.507 e. The summed E-state index contributed by atoms with van der Waals surface area (Å²) in [6.07, 6.45) is 3.07. The predicted octanol–water partition coefficient (Wildman–Crippen LogP) is 2.96. The maximum absolute atomic E-state index is 12.7. The summed E-state index contributed by atoms with van der Waals surface area (Å²) in [6.45, 7) is 3.82. The quantitative estimate of drug-likeness (QED) is 0.790. The molecule has 6 nitrogen and oxygen atoms in total. The second-order valence-corrected chi connectivity index (χ2v) is 7.77. The zero-order valence-corrected chi connectivity index (χ0v) is 14.5. The Morgan fingerprint density at radius 2 is 1.91 bits per heavy atom. The molecule has 1 saturated heterocycles. The van der Waals surface area contributed by atoms with Gasteiger partial charge in [-0.1, -0.05) is 31.5 Å². The number of hydrogen-bond acceptors (Lipinski definition) is 5. The molecule has 130 valence electrons. The van der Waals surface area contributed by atoms with Gasteiger partial charge in [0.25, 0.3) is 0 Å². The number of amides is 1. The number of nitrogens with zero attached hydrogens (tertiary/aromatic N) is 1. The molecule has 7 heteroatoms. The number of piperidine rings is 1. The van der Waals surface area contributed by atoms with Gasteiger partial charge in [0.1, 0.15) is 0 Å². The molecule has 1 aliphatic carbocycles. The van der Waals surface area contributed by atoms with Gasteiger partial charge in [0, 0.05) is 31.6 Å². The summed E-state index contributed by atoms with van der Waals surface area (Å²) in [5.41, 5.74) is 0. The Morgan fingerprint density at radius 1 is 1.26 bits per heavy atom. The number of ether oxygens (including phenoxy) is 1. The van der Waals surface area contributed by atoms with E-state index in [9.17, 15) is 14.4 Å². The van der Waals surface area contributed by atoms with Crippen molar-refractivity contribution in [3.63, 3.8) is 0 Å². The van der Waals surface area contributed by atoms with Crippen LogP contribution < -0.4 is 0 Å². The topological polar surface area (TPSA) is 83.9 Å². The molecule has 2 aliphatic rings. The first-order valence-electron chi connectivity index (χ1n) is 8.22. The Labute approximate surface area is 140 Å². The van der Waals surface area contributed by atoms with E-state index in [1.54, 1.807) is 11.8 Å². The molecule has 0 radical (unpaired) electrons. The molecule has 1 aliphatic heterocycles. The summed E-state index contributed by atoms with van der Waals surface area (Å²) in [4.78, 5) is 36.3. The number of fused-ring (bicyclic) bond motifs is 1. The molecule has 1 N–H and O–H groups in total. The van der Waals surface area contributed by atoms with Crippen LogP contribution in [-0.4, -0.2) is 45.7 Å². The Bertz CT molecular complexity index is 469. The van der Waals surface area contributed by atoms with E-state index in [2.05, 4.69) is 0 Å². The molecule has 23 heavy (non-hydrogen) atoms. The van der Waals surface area contributed by atoms with Crippen LogP contribution in [0.3, 0.4) is 0 Å². The molecule has 4 atom stereocenters. The van der Waals surface area contributed by atoms with E-state index in [0.717, 1.165) is 24.6 Å². The molecule has 0 aromatic heterocycles. The Morgan fingerprint density at radius 3 is 2.52 bits per heavy atom. The number of rotatable bonds is 4. The highest BCUT2D eigenvalue weighted by Gasteiger charge is 2.41. The maximum atomic E-state index is 12.7. The van der Waals surface area contributed by atoms with Crippen LogP contribution in [0.25, 0.3) is 0 Å². The SMILES string of the molecule is CC(=O)SCC(C)C(=O)N1CC2CCCCC2CC1OC(=O)O. The van der Waals surface area contributed by atoms with Crippen molar-refractivity contribution in [1.29, 1.82) is 0 Å². The Hall–Kier alpha value is -1.24. The van der Waals surface area contributed by atoms with Crippen LogP contribution in [0.4, 0.5) is 4.79 Å². The highest BCUT2D eigenvalue weighted by molar-refractivity contribution is 8.13. The summed E-state index contributed by atoms with van der Waals surface area (Å²) in [6, 6.07) is 0. The fourth-order valence-corrected chi connectivity index (χ4v) is 4.28. The lowest BCUT2D eigenvalue weighted by molar-refractivity contribution is -0.156. The second kappa shape index (κ2) is 8.04.